The van der Waals surface area contributed by atoms with Gasteiger partial charge in [0.05, 0.1) is 6.61 Å². The molecule has 2 aliphatic heterocycles. The second-order valence-corrected chi connectivity index (χ2v) is 5.81. The Morgan fingerprint density at radius 1 is 1.32 bits per heavy atom. The number of carbonyl (C=O) groups is 2. The van der Waals surface area contributed by atoms with E-state index in [0.717, 1.165) is 18.7 Å². The van der Waals surface area contributed by atoms with Crippen LogP contribution >= 0.6 is 0 Å². The molecule has 6 nitrogen and oxygen atoms in total. The molecular weight excluding hydrogens is 282 g/mol. The lowest BCUT2D eigenvalue weighted by Gasteiger charge is -2.35. The summed E-state index contributed by atoms with van der Waals surface area (Å²) in [7, 11) is 0. The zero-order valence-corrected chi connectivity index (χ0v) is 12.5. The van der Waals surface area contributed by atoms with E-state index < -0.39 is 6.04 Å². The minimum absolute atomic E-state index is 0.0448. The maximum atomic E-state index is 12.4. The van der Waals surface area contributed by atoms with Gasteiger partial charge in [0.15, 0.2) is 0 Å². The van der Waals surface area contributed by atoms with Crippen molar-refractivity contribution in [3.05, 3.63) is 35.9 Å². The molecule has 0 aliphatic carbocycles. The van der Waals surface area contributed by atoms with E-state index in [1.54, 1.807) is 4.90 Å². The molecule has 2 heterocycles. The number of benzene rings is 1. The standard InChI is InChI=1S/C16H21N3O3/c20-15-11-22-10-14(16(21)18-8-13-6-17-7-13)19(15)9-12-4-2-1-3-5-12/h1-5,13-14,17H,6-11H2,(H,18,21)/t14-/m1/s1. The van der Waals surface area contributed by atoms with Crippen LogP contribution in [0.15, 0.2) is 30.3 Å². The lowest BCUT2D eigenvalue weighted by atomic mass is 10.0. The number of rotatable bonds is 5. The quantitative estimate of drug-likeness (QED) is 0.787. The summed E-state index contributed by atoms with van der Waals surface area (Å²) in [6, 6.07) is 9.16. The van der Waals surface area contributed by atoms with Crippen LogP contribution < -0.4 is 10.6 Å². The third-order valence-corrected chi connectivity index (χ3v) is 4.13. The number of ether oxygens (including phenoxy) is 1. The number of hydrogen-bond donors (Lipinski definition) is 2. The van der Waals surface area contributed by atoms with E-state index in [1.807, 2.05) is 30.3 Å². The van der Waals surface area contributed by atoms with Crippen molar-refractivity contribution in [2.24, 2.45) is 5.92 Å². The minimum Gasteiger partial charge on any atom is -0.369 e. The molecule has 1 atom stereocenters. The molecule has 0 spiro atoms. The number of morpholine rings is 1. The summed E-state index contributed by atoms with van der Waals surface area (Å²) < 4.78 is 5.27. The highest BCUT2D eigenvalue weighted by atomic mass is 16.5. The fraction of sp³-hybridized carbons (Fsp3) is 0.500. The topological polar surface area (TPSA) is 70.7 Å². The van der Waals surface area contributed by atoms with Gasteiger partial charge in [-0.05, 0) is 5.56 Å². The number of carbonyl (C=O) groups excluding carboxylic acids is 2. The maximum absolute atomic E-state index is 12.4. The van der Waals surface area contributed by atoms with Crippen LogP contribution in [0.3, 0.4) is 0 Å². The first-order valence-electron chi connectivity index (χ1n) is 7.63. The first-order valence-corrected chi connectivity index (χ1v) is 7.63. The van der Waals surface area contributed by atoms with Crippen molar-refractivity contribution in [3.8, 4) is 0 Å². The van der Waals surface area contributed by atoms with Crippen molar-refractivity contribution in [2.45, 2.75) is 12.6 Å². The summed E-state index contributed by atoms with van der Waals surface area (Å²) in [6.07, 6.45) is 0. The summed E-state index contributed by atoms with van der Waals surface area (Å²) in [5.74, 6) is 0.225. The van der Waals surface area contributed by atoms with Crippen molar-refractivity contribution in [1.82, 2.24) is 15.5 Å². The predicted octanol–water partition coefficient (Wildman–Crippen LogP) is -0.250. The van der Waals surface area contributed by atoms with Crippen LogP contribution in [-0.2, 0) is 20.9 Å². The fourth-order valence-electron chi connectivity index (χ4n) is 2.66. The van der Waals surface area contributed by atoms with Crippen LogP contribution in [0.5, 0.6) is 0 Å². The molecule has 22 heavy (non-hydrogen) atoms. The summed E-state index contributed by atoms with van der Waals surface area (Å²) in [5, 5.41) is 6.11. The van der Waals surface area contributed by atoms with Gasteiger partial charge in [-0.1, -0.05) is 30.3 Å². The summed E-state index contributed by atoms with van der Waals surface area (Å²) in [6.45, 7) is 3.26. The lowest BCUT2D eigenvalue weighted by molar-refractivity contribution is -0.155. The van der Waals surface area contributed by atoms with Gasteiger partial charge in [0.1, 0.15) is 12.6 Å². The molecule has 0 saturated carbocycles. The highest BCUT2D eigenvalue weighted by molar-refractivity contribution is 5.89. The van der Waals surface area contributed by atoms with E-state index in [2.05, 4.69) is 10.6 Å². The van der Waals surface area contributed by atoms with E-state index in [4.69, 9.17) is 4.74 Å². The van der Waals surface area contributed by atoms with Gasteiger partial charge < -0.3 is 20.3 Å². The van der Waals surface area contributed by atoms with Gasteiger partial charge >= 0.3 is 0 Å². The number of nitrogens with zero attached hydrogens (tertiary/aromatic N) is 1. The minimum atomic E-state index is -0.547. The molecule has 2 aliphatic rings. The van der Waals surface area contributed by atoms with Gasteiger partial charge in [-0.2, -0.15) is 0 Å². The second kappa shape index (κ2) is 6.89. The first kappa shape index (κ1) is 15.0. The van der Waals surface area contributed by atoms with Gasteiger partial charge in [-0.3, -0.25) is 9.59 Å². The Labute approximate surface area is 129 Å². The van der Waals surface area contributed by atoms with Crippen LogP contribution in [0, 0.1) is 5.92 Å². The van der Waals surface area contributed by atoms with Gasteiger partial charge in [0.2, 0.25) is 11.8 Å². The highest BCUT2D eigenvalue weighted by Gasteiger charge is 2.34. The Hall–Kier alpha value is -1.92. The molecular formula is C16H21N3O3. The molecule has 6 heteroatoms. The Morgan fingerprint density at radius 3 is 2.77 bits per heavy atom. The summed E-state index contributed by atoms with van der Waals surface area (Å²) in [4.78, 5) is 26.1. The smallest absolute Gasteiger partial charge is 0.249 e. The average molecular weight is 303 g/mol. The Kier molecular flexibility index (Phi) is 4.70. The van der Waals surface area contributed by atoms with E-state index in [0.29, 0.717) is 19.0 Å². The predicted molar refractivity (Wildman–Crippen MR) is 81.0 cm³/mol. The van der Waals surface area contributed by atoms with Crippen molar-refractivity contribution in [2.75, 3.05) is 32.8 Å². The zero-order valence-electron chi connectivity index (χ0n) is 12.5. The number of nitrogens with one attached hydrogen (secondary N) is 2. The van der Waals surface area contributed by atoms with Crippen LogP contribution in [-0.4, -0.2) is 55.6 Å². The molecule has 118 valence electrons. The van der Waals surface area contributed by atoms with Gasteiger partial charge in [0.25, 0.3) is 0 Å². The van der Waals surface area contributed by atoms with Gasteiger partial charge in [-0.15, -0.1) is 0 Å². The number of hydrogen-bond acceptors (Lipinski definition) is 4. The summed E-state index contributed by atoms with van der Waals surface area (Å²) >= 11 is 0. The molecule has 1 aromatic carbocycles. The third-order valence-electron chi connectivity index (χ3n) is 4.13. The van der Waals surface area contributed by atoms with E-state index in [1.165, 1.54) is 0 Å². The molecule has 3 rings (SSSR count). The Bertz CT molecular complexity index is 531. The highest BCUT2D eigenvalue weighted by Crippen LogP contribution is 2.14. The third kappa shape index (κ3) is 3.45. The van der Waals surface area contributed by atoms with E-state index >= 15 is 0 Å². The zero-order chi connectivity index (χ0) is 15.4. The first-order chi connectivity index (χ1) is 10.7. The van der Waals surface area contributed by atoms with Gasteiger partial charge in [0, 0.05) is 32.1 Å². The van der Waals surface area contributed by atoms with Crippen LogP contribution in [0.25, 0.3) is 0 Å². The SMILES string of the molecule is O=C(NCC1CNC1)[C@H]1COCC(=O)N1Cc1ccccc1. The van der Waals surface area contributed by atoms with E-state index in [9.17, 15) is 9.59 Å². The van der Waals surface area contributed by atoms with Crippen molar-refractivity contribution >= 4 is 11.8 Å². The van der Waals surface area contributed by atoms with E-state index in [-0.39, 0.29) is 25.0 Å². The van der Waals surface area contributed by atoms with Gasteiger partial charge in [-0.25, -0.2) is 0 Å². The molecule has 2 saturated heterocycles. The molecule has 2 N–H and O–H groups in total. The summed E-state index contributed by atoms with van der Waals surface area (Å²) in [5.41, 5.74) is 1.01. The maximum Gasteiger partial charge on any atom is 0.249 e. The molecule has 2 fully saturated rings. The monoisotopic (exact) mass is 303 g/mol. The Balaban J connectivity index is 1.63. The second-order valence-electron chi connectivity index (χ2n) is 5.81. The molecule has 0 aromatic heterocycles. The molecule has 0 unspecified atom stereocenters. The normalized spacial score (nSPS) is 22.3. The van der Waals surface area contributed by atoms with Crippen LogP contribution in [0.2, 0.25) is 0 Å². The fourth-order valence-corrected chi connectivity index (χ4v) is 2.66. The van der Waals surface area contributed by atoms with Crippen molar-refractivity contribution in [3.63, 3.8) is 0 Å². The largest absolute Gasteiger partial charge is 0.369 e. The molecule has 0 bridgehead atoms. The molecule has 1 aromatic rings. The van der Waals surface area contributed by atoms with Crippen LogP contribution in [0.1, 0.15) is 5.56 Å². The Morgan fingerprint density at radius 2 is 2.09 bits per heavy atom. The van der Waals surface area contributed by atoms with Crippen molar-refractivity contribution < 1.29 is 14.3 Å². The lowest BCUT2D eigenvalue weighted by Crippen LogP contribution is -2.57. The molecule has 2 amide bonds. The average Bonchev–Trinajstić information content (AvgIpc) is 2.48. The van der Waals surface area contributed by atoms with Crippen molar-refractivity contribution in [1.29, 1.82) is 0 Å². The van der Waals surface area contributed by atoms with Crippen LogP contribution in [0.4, 0.5) is 0 Å². The molecule has 0 radical (unpaired) electrons. The number of amides is 2.